The van der Waals surface area contributed by atoms with E-state index < -0.39 is 44.9 Å². The van der Waals surface area contributed by atoms with Gasteiger partial charge in [0.05, 0.1) is 57.9 Å². The van der Waals surface area contributed by atoms with E-state index in [9.17, 15) is 9.59 Å². The van der Waals surface area contributed by atoms with Crippen LogP contribution in [0.1, 0.15) is 54.4 Å². The molecule has 198 valence electrons. The lowest BCUT2D eigenvalue weighted by Gasteiger charge is -2.58. The van der Waals surface area contributed by atoms with Crippen LogP contribution >= 0.6 is 0 Å². The highest BCUT2D eigenvalue weighted by molar-refractivity contribution is 6.73. The van der Waals surface area contributed by atoms with Crippen LogP contribution in [-0.2, 0) is 42.1 Å². The van der Waals surface area contributed by atoms with Gasteiger partial charge in [0, 0.05) is 16.5 Å². The Hall–Kier alpha value is -1.72. The molecule has 0 aromatic rings. The number of hydrogen-bond acceptors (Lipinski definition) is 9. The van der Waals surface area contributed by atoms with Crippen molar-refractivity contribution in [1.29, 1.82) is 0 Å². The zero-order valence-electron chi connectivity index (χ0n) is 22.1. The van der Waals surface area contributed by atoms with Gasteiger partial charge in [-0.3, -0.25) is 4.79 Å². The summed E-state index contributed by atoms with van der Waals surface area (Å²) in [5, 5.41) is -0.320. The molecule has 0 amide bonds. The zero-order chi connectivity index (χ0) is 26.2. The first-order chi connectivity index (χ1) is 16.2. The van der Waals surface area contributed by atoms with Crippen LogP contribution in [0.3, 0.4) is 0 Å². The second kappa shape index (κ2) is 10.3. The van der Waals surface area contributed by atoms with Gasteiger partial charge in [-0.05, 0) is 5.57 Å². The van der Waals surface area contributed by atoms with Crippen LogP contribution in [0.2, 0.25) is 10.1 Å². The van der Waals surface area contributed by atoms with Crippen molar-refractivity contribution in [3.8, 4) is 0 Å². The van der Waals surface area contributed by atoms with Gasteiger partial charge in [0.15, 0.2) is 0 Å². The molecule has 35 heavy (non-hydrogen) atoms. The van der Waals surface area contributed by atoms with Crippen LogP contribution < -0.4 is 0 Å². The van der Waals surface area contributed by atoms with Crippen LogP contribution in [0.15, 0.2) is 24.5 Å². The smallest absolute Gasteiger partial charge is 0.349 e. The van der Waals surface area contributed by atoms with E-state index >= 15 is 0 Å². The van der Waals surface area contributed by atoms with Crippen LogP contribution in [0.25, 0.3) is 0 Å². The van der Waals surface area contributed by atoms with E-state index in [1.807, 2.05) is 0 Å². The molecule has 0 aliphatic carbocycles. The minimum Gasteiger partial charge on any atom is -0.490 e. The third kappa shape index (κ3) is 5.51. The molecule has 0 bridgehead atoms. The molecule has 3 saturated heterocycles. The van der Waals surface area contributed by atoms with E-state index in [4.69, 9.17) is 27.8 Å². The lowest BCUT2D eigenvalue weighted by molar-refractivity contribution is -0.250. The highest BCUT2D eigenvalue weighted by Gasteiger charge is 2.64. The summed E-state index contributed by atoms with van der Waals surface area (Å²) in [5.74, 6) is -0.961. The maximum atomic E-state index is 12.0. The van der Waals surface area contributed by atoms with Crippen molar-refractivity contribution in [3.05, 3.63) is 24.5 Å². The van der Waals surface area contributed by atoms with Gasteiger partial charge in [0.25, 0.3) is 0 Å². The Morgan fingerprint density at radius 3 is 2.26 bits per heavy atom. The molecule has 3 heterocycles. The summed E-state index contributed by atoms with van der Waals surface area (Å²) >= 11 is 0. The normalized spacial score (nSPS) is 33.0. The molecule has 0 unspecified atom stereocenters. The minimum absolute atomic E-state index is 0.000136. The van der Waals surface area contributed by atoms with Gasteiger partial charge in [-0.2, -0.15) is 0 Å². The summed E-state index contributed by atoms with van der Waals surface area (Å²) in [7, 11) is -0.0722. The average Bonchev–Trinajstić information content (AvgIpc) is 2.77. The summed E-state index contributed by atoms with van der Waals surface area (Å²) in [6.07, 6.45) is 0.315. The number of rotatable bonds is 5. The predicted octanol–water partition coefficient (Wildman–Crippen LogP) is 3.56. The maximum Gasteiger partial charge on any atom is 0.349 e. The summed E-state index contributed by atoms with van der Waals surface area (Å²) in [6, 6.07) is 0. The van der Waals surface area contributed by atoms with Gasteiger partial charge >= 0.3 is 20.5 Å². The lowest BCUT2D eigenvalue weighted by Crippen LogP contribution is -2.69. The fourth-order valence-electron chi connectivity index (χ4n) is 5.44. The molecule has 9 nitrogen and oxygen atoms in total. The molecule has 0 radical (unpaired) electrons. The Balaban J connectivity index is 1.86. The average molecular weight is 513 g/mol. The van der Waals surface area contributed by atoms with Crippen molar-refractivity contribution < 1.29 is 42.1 Å². The summed E-state index contributed by atoms with van der Waals surface area (Å²) in [6.45, 7) is 17.5. The van der Waals surface area contributed by atoms with E-state index in [0.29, 0.717) is 18.6 Å². The van der Waals surface area contributed by atoms with Gasteiger partial charge in [-0.15, -0.1) is 0 Å². The monoisotopic (exact) mass is 512 g/mol. The quantitative estimate of drug-likeness (QED) is 0.180. The van der Waals surface area contributed by atoms with Crippen molar-refractivity contribution in [2.45, 2.75) is 101 Å². The molecule has 3 rings (SSSR count). The second-order valence-corrected chi connectivity index (χ2v) is 16.1. The van der Waals surface area contributed by atoms with Gasteiger partial charge < -0.3 is 32.5 Å². The van der Waals surface area contributed by atoms with E-state index in [-0.39, 0.29) is 28.7 Å². The molecule has 3 aliphatic rings. The molecule has 6 atom stereocenters. The number of esters is 2. The number of methoxy groups -OCH3 is 2. The lowest BCUT2D eigenvalue weighted by atomic mass is 9.86. The van der Waals surface area contributed by atoms with Crippen molar-refractivity contribution in [2.24, 2.45) is 0 Å². The van der Waals surface area contributed by atoms with Crippen LogP contribution in [0, 0.1) is 0 Å². The molecule has 3 aliphatic heterocycles. The summed E-state index contributed by atoms with van der Waals surface area (Å²) < 4.78 is 41.6. The fraction of sp³-hybridized carbons (Fsp3) is 0.760. The molecule has 0 aromatic heterocycles. The molecule has 3 fully saturated rings. The molecule has 0 saturated carbocycles. The first-order valence-corrected chi connectivity index (χ1v) is 13.8. The molecule has 0 spiro atoms. The number of ether oxygens (including phenoxy) is 5. The van der Waals surface area contributed by atoms with Crippen molar-refractivity contribution >= 4 is 20.5 Å². The number of carbonyl (C=O) groups is 2. The van der Waals surface area contributed by atoms with E-state index in [1.54, 1.807) is 0 Å². The van der Waals surface area contributed by atoms with Crippen LogP contribution in [0.5, 0.6) is 0 Å². The molecule has 10 heteroatoms. The molecule has 0 N–H and O–H groups in total. The predicted molar refractivity (Wildman–Crippen MR) is 130 cm³/mol. The Kier molecular flexibility index (Phi) is 8.22. The van der Waals surface area contributed by atoms with Gasteiger partial charge in [-0.1, -0.05) is 48.1 Å². The Bertz CT molecular complexity index is 827. The van der Waals surface area contributed by atoms with Gasteiger partial charge in [0.2, 0.25) is 0 Å². The number of carbonyl (C=O) groups excluding carboxylic acids is 2. The highest BCUT2D eigenvalue weighted by Crippen LogP contribution is 2.55. The van der Waals surface area contributed by atoms with Gasteiger partial charge in [0.1, 0.15) is 18.3 Å². The van der Waals surface area contributed by atoms with Crippen molar-refractivity contribution in [3.63, 3.8) is 0 Å². The van der Waals surface area contributed by atoms with Crippen molar-refractivity contribution in [2.75, 3.05) is 20.8 Å². The number of hydrogen-bond donors (Lipinski definition) is 0. The third-order valence-electron chi connectivity index (χ3n) is 6.95. The SMILES string of the molecule is C=C1[C@H](CC(=O)OC)O[C@@H]2C[C@@H]3O[Si](C(C)(C)C)(C(C)(C)C)OC[C@H]3O[C@H]2[C@H]1O/C=C/C(=O)OC. The van der Waals surface area contributed by atoms with Gasteiger partial charge in [-0.25, -0.2) is 4.79 Å². The van der Waals surface area contributed by atoms with Crippen LogP contribution in [0.4, 0.5) is 0 Å². The van der Waals surface area contributed by atoms with E-state index in [0.717, 1.165) is 0 Å². The number of fused-ring (bicyclic) bond motifs is 2. The maximum absolute atomic E-state index is 12.0. The Labute approximate surface area is 209 Å². The molecule has 0 aromatic carbocycles. The first kappa shape index (κ1) is 27.9. The minimum atomic E-state index is -2.69. The molecular formula is C25H40O9Si. The Morgan fingerprint density at radius 2 is 1.69 bits per heavy atom. The van der Waals surface area contributed by atoms with Crippen molar-refractivity contribution in [1.82, 2.24) is 0 Å². The zero-order valence-corrected chi connectivity index (χ0v) is 23.1. The fourth-order valence-corrected chi connectivity index (χ4v) is 10.4. The second-order valence-electron chi connectivity index (χ2n) is 11.4. The first-order valence-electron chi connectivity index (χ1n) is 12.0. The third-order valence-corrected chi connectivity index (χ3v) is 12.1. The van der Waals surface area contributed by atoms with E-state index in [1.165, 1.54) is 26.6 Å². The largest absolute Gasteiger partial charge is 0.490 e. The topological polar surface area (TPSA) is 98.8 Å². The summed E-state index contributed by atoms with van der Waals surface area (Å²) in [4.78, 5) is 23.6. The standard InChI is InChI=1S/C25H40O9Si/c1-15-16(13-21(27)29-9)32-18-12-17-19(33-23(18)22(15)30-11-10-20(26)28-8)14-31-35(34-17,24(2,3)4)25(5,6)7/h10-11,16-19,22-23H,1,12-14H2,2-9H3/b11-10+/t16-,17-,18+,19+,22-,23+/m0/s1. The highest BCUT2D eigenvalue weighted by atomic mass is 28.4. The van der Waals surface area contributed by atoms with E-state index in [2.05, 4.69) is 52.9 Å². The summed E-state index contributed by atoms with van der Waals surface area (Å²) in [5.41, 5.74) is 0.537. The Morgan fingerprint density at radius 1 is 1.03 bits per heavy atom. The molecular weight excluding hydrogens is 472 g/mol. The van der Waals surface area contributed by atoms with Crippen LogP contribution in [-0.4, -0.2) is 77.9 Å².